The summed E-state index contributed by atoms with van der Waals surface area (Å²) < 4.78 is 0.646. The fourth-order valence-electron chi connectivity index (χ4n) is 3.05. The Bertz CT molecular complexity index is 933. The van der Waals surface area contributed by atoms with E-state index in [2.05, 4.69) is 26.3 Å². The molecule has 152 valence electrons. The van der Waals surface area contributed by atoms with Gasteiger partial charge in [0.1, 0.15) is 5.54 Å². The third-order valence-electron chi connectivity index (χ3n) is 4.76. The van der Waals surface area contributed by atoms with Gasteiger partial charge in [-0.2, -0.15) is 5.01 Å². The summed E-state index contributed by atoms with van der Waals surface area (Å²) in [5.41, 5.74) is 1.91. The number of imide groups is 1. The van der Waals surface area contributed by atoms with Crippen LogP contribution in [0.5, 0.6) is 0 Å². The number of hydrogen-bond donors (Lipinski definition) is 3. The lowest BCUT2D eigenvalue weighted by atomic mass is 9.87. The van der Waals surface area contributed by atoms with Gasteiger partial charge >= 0.3 is 6.03 Å². The molecule has 1 saturated heterocycles. The molecule has 4 amide bonds. The maximum Gasteiger partial charge on any atom is 0.344 e. The molecule has 1 unspecified atom stereocenters. The summed E-state index contributed by atoms with van der Waals surface area (Å²) in [6.07, 6.45) is 2.64. The molecule has 2 heterocycles. The predicted octanol–water partition coefficient (Wildman–Crippen LogP) is 2.09. The van der Waals surface area contributed by atoms with Crippen molar-refractivity contribution >= 4 is 46.1 Å². The van der Waals surface area contributed by atoms with Crippen molar-refractivity contribution in [1.82, 2.24) is 25.9 Å². The smallest absolute Gasteiger partial charge is 0.344 e. The van der Waals surface area contributed by atoms with E-state index in [1.165, 1.54) is 23.1 Å². The number of thioether (sulfide) groups is 1. The Kier molecular flexibility index (Phi) is 5.41. The summed E-state index contributed by atoms with van der Waals surface area (Å²) in [5, 5.41) is 15.6. The molecule has 2 fully saturated rings. The summed E-state index contributed by atoms with van der Waals surface area (Å²) in [6.45, 7) is 1.81. The lowest BCUT2D eigenvalue weighted by molar-refractivity contribution is -0.138. The standard InChI is InChI=1S/C18H20N6O3S2/c1-2-18(11-6-4-3-5-7-11)14(26)24(16(27)20-18)23-13(25)10-28-17-22-21-15(29-17)19-12-8-9-12/h3-7,12H,2,8-10H2,1H3,(H,19,21)(H,20,27)(H,23,25). The molecule has 2 aromatic rings. The van der Waals surface area contributed by atoms with Gasteiger partial charge in [0.05, 0.1) is 5.75 Å². The lowest BCUT2D eigenvalue weighted by Crippen LogP contribution is -2.49. The maximum absolute atomic E-state index is 13.0. The molecule has 1 aliphatic carbocycles. The molecule has 11 heteroatoms. The van der Waals surface area contributed by atoms with E-state index < -0.39 is 23.4 Å². The number of benzene rings is 1. The van der Waals surface area contributed by atoms with E-state index >= 15 is 0 Å². The van der Waals surface area contributed by atoms with Crippen LogP contribution in [-0.4, -0.2) is 44.8 Å². The molecule has 9 nitrogen and oxygen atoms in total. The molecule has 2 aliphatic rings. The Morgan fingerprint density at radius 2 is 2.07 bits per heavy atom. The van der Waals surface area contributed by atoms with Crippen LogP contribution in [-0.2, 0) is 15.1 Å². The third kappa shape index (κ3) is 4.06. The minimum atomic E-state index is -1.18. The van der Waals surface area contributed by atoms with Gasteiger partial charge in [-0.3, -0.25) is 15.0 Å². The molecule has 0 bridgehead atoms. The number of urea groups is 1. The molecule has 1 aromatic heterocycles. The highest BCUT2D eigenvalue weighted by Crippen LogP contribution is 2.32. The van der Waals surface area contributed by atoms with E-state index in [1.54, 1.807) is 24.3 Å². The number of rotatable bonds is 8. The second-order valence-corrected chi connectivity index (χ2v) is 9.01. The number of amides is 4. The Labute approximate surface area is 175 Å². The minimum Gasteiger partial charge on any atom is -0.357 e. The van der Waals surface area contributed by atoms with Gasteiger partial charge < -0.3 is 10.6 Å². The fourth-order valence-corrected chi connectivity index (χ4v) is 4.67. The second kappa shape index (κ2) is 7.99. The quantitative estimate of drug-likeness (QED) is 0.432. The Morgan fingerprint density at radius 3 is 2.76 bits per heavy atom. The first-order valence-electron chi connectivity index (χ1n) is 9.26. The normalized spacial score (nSPS) is 21.2. The number of hydrogen-bond acceptors (Lipinski definition) is 8. The molecule has 3 N–H and O–H groups in total. The second-order valence-electron chi connectivity index (χ2n) is 6.81. The zero-order chi connectivity index (χ0) is 20.4. The van der Waals surface area contributed by atoms with Gasteiger partial charge in [-0.25, -0.2) is 4.79 Å². The molecule has 1 aliphatic heterocycles. The SMILES string of the molecule is CCC1(c2ccccc2)NC(=O)N(NC(=O)CSc2nnc(NC3CC3)s2)C1=O. The van der Waals surface area contributed by atoms with E-state index in [1.807, 2.05) is 13.0 Å². The highest BCUT2D eigenvalue weighted by Gasteiger charge is 2.52. The van der Waals surface area contributed by atoms with Crippen molar-refractivity contribution in [2.75, 3.05) is 11.1 Å². The topological polar surface area (TPSA) is 116 Å². The first-order chi connectivity index (χ1) is 14.0. The summed E-state index contributed by atoms with van der Waals surface area (Å²) in [5.74, 6) is -0.952. The summed E-state index contributed by atoms with van der Waals surface area (Å²) in [4.78, 5) is 37.7. The van der Waals surface area contributed by atoms with Gasteiger partial charge in [-0.05, 0) is 24.8 Å². The number of nitrogens with one attached hydrogen (secondary N) is 3. The molecular formula is C18H20N6O3S2. The third-order valence-corrected chi connectivity index (χ3v) is 6.75. The number of nitrogens with zero attached hydrogens (tertiary/aromatic N) is 3. The van der Waals surface area contributed by atoms with Crippen LogP contribution in [0, 0.1) is 0 Å². The molecule has 1 atom stereocenters. The fraction of sp³-hybridized carbons (Fsp3) is 0.389. The highest BCUT2D eigenvalue weighted by atomic mass is 32.2. The number of anilines is 1. The van der Waals surface area contributed by atoms with Crippen molar-refractivity contribution in [3.63, 3.8) is 0 Å². The average molecular weight is 433 g/mol. The van der Waals surface area contributed by atoms with Gasteiger partial charge in [-0.1, -0.05) is 60.4 Å². The largest absolute Gasteiger partial charge is 0.357 e. The zero-order valence-electron chi connectivity index (χ0n) is 15.7. The van der Waals surface area contributed by atoms with Crippen LogP contribution in [0.1, 0.15) is 31.7 Å². The summed E-state index contributed by atoms with van der Waals surface area (Å²) >= 11 is 2.59. The molecule has 1 saturated carbocycles. The Hall–Kier alpha value is -2.66. The molecule has 0 spiro atoms. The number of carbonyl (C=O) groups is 3. The van der Waals surface area contributed by atoms with Crippen LogP contribution in [0.2, 0.25) is 0 Å². The monoisotopic (exact) mass is 432 g/mol. The van der Waals surface area contributed by atoms with Gasteiger partial charge in [0, 0.05) is 6.04 Å². The zero-order valence-corrected chi connectivity index (χ0v) is 17.3. The molecule has 0 radical (unpaired) electrons. The van der Waals surface area contributed by atoms with Crippen molar-refractivity contribution in [3.05, 3.63) is 35.9 Å². The van der Waals surface area contributed by atoms with Crippen LogP contribution in [0.25, 0.3) is 0 Å². The summed E-state index contributed by atoms with van der Waals surface area (Å²) in [7, 11) is 0. The van der Waals surface area contributed by atoms with Crippen molar-refractivity contribution in [2.24, 2.45) is 0 Å². The Morgan fingerprint density at radius 1 is 1.31 bits per heavy atom. The Balaban J connectivity index is 1.37. The number of hydrazine groups is 1. The van der Waals surface area contributed by atoms with Crippen LogP contribution >= 0.6 is 23.1 Å². The van der Waals surface area contributed by atoms with Crippen molar-refractivity contribution in [1.29, 1.82) is 0 Å². The van der Waals surface area contributed by atoms with Crippen molar-refractivity contribution in [2.45, 2.75) is 42.1 Å². The highest BCUT2D eigenvalue weighted by molar-refractivity contribution is 8.01. The lowest BCUT2D eigenvalue weighted by Gasteiger charge is -2.25. The van der Waals surface area contributed by atoms with Crippen LogP contribution in [0.15, 0.2) is 34.7 Å². The first kappa shape index (κ1) is 19.6. The number of carbonyl (C=O) groups excluding carboxylic acids is 3. The molecule has 29 heavy (non-hydrogen) atoms. The van der Waals surface area contributed by atoms with E-state index in [0.717, 1.165) is 23.0 Å². The van der Waals surface area contributed by atoms with E-state index in [9.17, 15) is 14.4 Å². The molecule has 4 rings (SSSR count). The van der Waals surface area contributed by atoms with Crippen LogP contribution < -0.4 is 16.1 Å². The van der Waals surface area contributed by atoms with Crippen LogP contribution in [0.4, 0.5) is 9.93 Å². The number of aromatic nitrogens is 2. The van der Waals surface area contributed by atoms with Crippen LogP contribution in [0.3, 0.4) is 0 Å². The minimum absolute atomic E-state index is 0.0135. The van der Waals surface area contributed by atoms with Gasteiger partial charge in [0.15, 0.2) is 4.34 Å². The van der Waals surface area contributed by atoms with Gasteiger partial charge in [0.2, 0.25) is 11.0 Å². The van der Waals surface area contributed by atoms with E-state index in [4.69, 9.17) is 0 Å². The van der Waals surface area contributed by atoms with Gasteiger partial charge in [0.25, 0.3) is 5.91 Å². The average Bonchev–Trinajstić information content (AvgIpc) is 3.38. The molecule has 1 aromatic carbocycles. The van der Waals surface area contributed by atoms with E-state index in [0.29, 0.717) is 22.4 Å². The predicted molar refractivity (Wildman–Crippen MR) is 109 cm³/mol. The van der Waals surface area contributed by atoms with E-state index in [-0.39, 0.29) is 5.75 Å². The first-order valence-corrected chi connectivity index (χ1v) is 11.1. The summed E-state index contributed by atoms with van der Waals surface area (Å²) in [6, 6.07) is 8.84. The van der Waals surface area contributed by atoms with Crippen molar-refractivity contribution < 1.29 is 14.4 Å². The molecular weight excluding hydrogens is 412 g/mol. The van der Waals surface area contributed by atoms with Crippen molar-refractivity contribution in [3.8, 4) is 0 Å². The van der Waals surface area contributed by atoms with Gasteiger partial charge in [-0.15, -0.1) is 10.2 Å². The maximum atomic E-state index is 13.0.